The van der Waals surface area contributed by atoms with Crippen molar-refractivity contribution < 1.29 is 14.3 Å². The van der Waals surface area contributed by atoms with Crippen LogP contribution in [0.15, 0.2) is 48.5 Å². The Morgan fingerprint density at radius 2 is 1.90 bits per heavy atom. The van der Waals surface area contributed by atoms with Gasteiger partial charge in [0.1, 0.15) is 0 Å². The van der Waals surface area contributed by atoms with Crippen molar-refractivity contribution in [3.63, 3.8) is 0 Å². The van der Waals surface area contributed by atoms with Gasteiger partial charge in [-0.15, -0.1) is 0 Å². The minimum atomic E-state index is -0.519. The molecule has 0 atom stereocenters. The summed E-state index contributed by atoms with van der Waals surface area (Å²) < 4.78 is 5.43. The van der Waals surface area contributed by atoms with Crippen molar-refractivity contribution in [3.8, 4) is 0 Å². The number of rotatable bonds is 5. The molecule has 1 amide bonds. The van der Waals surface area contributed by atoms with E-state index in [1.54, 1.807) is 24.3 Å². The Hall–Kier alpha value is -2.96. The first-order valence-electron chi connectivity index (χ1n) is 10.3. The first-order valence-corrected chi connectivity index (χ1v) is 10.7. The fourth-order valence-electron chi connectivity index (χ4n) is 3.84. The van der Waals surface area contributed by atoms with E-state index in [-0.39, 0.29) is 0 Å². The van der Waals surface area contributed by atoms with E-state index in [0.717, 1.165) is 35.1 Å². The quantitative estimate of drug-likeness (QED) is 0.597. The zero-order chi connectivity index (χ0) is 22.0. The number of hydrogen-bond donors (Lipinski definition) is 1. The fourth-order valence-corrected chi connectivity index (χ4v) is 4.02. The molecular formula is C24H24ClN3O3. The number of halogens is 1. The second-order valence-electron chi connectivity index (χ2n) is 7.85. The number of pyridine rings is 1. The van der Waals surface area contributed by atoms with E-state index in [2.05, 4.69) is 24.1 Å². The normalized spacial score (nSPS) is 13.8. The molecule has 0 saturated heterocycles. The summed E-state index contributed by atoms with van der Waals surface area (Å²) in [4.78, 5) is 32.6. The van der Waals surface area contributed by atoms with Crippen molar-refractivity contribution in [2.24, 2.45) is 0 Å². The molecule has 0 saturated carbocycles. The van der Waals surface area contributed by atoms with Gasteiger partial charge >= 0.3 is 5.97 Å². The van der Waals surface area contributed by atoms with E-state index in [9.17, 15) is 9.59 Å². The van der Waals surface area contributed by atoms with E-state index in [0.29, 0.717) is 28.9 Å². The summed E-state index contributed by atoms with van der Waals surface area (Å²) in [7, 11) is 0. The van der Waals surface area contributed by atoms with Crippen LogP contribution in [0.5, 0.6) is 0 Å². The average molecular weight is 438 g/mol. The van der Waals surface area contributed by atoms with Crippen molar-refractivity contribution in [1.82, 2.24) is 9.88 Å². The van der Waals surface area contributed by atoms with E-state index in [1.807, 2.05) is 24.3 Å². The lowest BCUT2D eigenvalue weighted by atomic mass is 9.95. The minimum Gasteiger partial charge on any atom is -0.452 e. The number of anilines is 1. The smallest absolute Gasteiger partial charge is 0.339 e. The number of benzene rings is 2. The summed E-state index contributed by atoms with van der Waals surface area (Å²) >= 11 is 6.08. The summed E-state index contributed by atoms with van der Waals surface area (Å²) in [6.45, 7) is 5.39. The van der Waals surface area contributed by atoms with Crippen LogP contribution in [0.2, 0.25) is 5.02 Å². The molecule has 0 spiro atoms. The molecule has 0 unspecified atom stereocenters. The van der Waals surface area contributed by atoms with Crippen molar-refractivity contribution in [2.75, 3.05) is 18.5 Å². The summed E-state index contributed by atoms with van der Waals surface area (Å²) in [6, 6.07) is 14.8. The number of carbonyl (C=O) groups is 2. The lowest BCUT2D eigenvalue weighted by Crippen LogP contribution is -2.37. The van der Waals surface area contributed by atoms with Crippen LogP contribution in [0.4, 0.5) is 5.69 Å². The van der Waals surface area contributed by atoms with Gasteiger partial charge in [0.05, 0.1) is 21.8 Å². The first-order chi connectivity index (χ1) is 14.9. The van der Waals surface area contributed by atoms with Gasteiger partial charge in [-0.3, -0.25) is 14.7 Å². The third kappa shape index (κ3) is 4.55. The summed E-state index contributed by atoms with van der Waals surface area (Å²) in [5.41, 5.74) is 3.53. The molecule has 1 aliphatic heterocycles. The van der Waals surface area contributed by atoms with Crippen LogP contribution in [0.25, 0.3) is 10.9 Å². The van der Waals surface area contributed by atoms with Gasteiger partial charge in [0.2, 0.25) is 0 Å². The third-order valence-corrected chi connectivity index (χ3v) is 5.82. The maximum absolute atomic E-state index is 13.2. The molecule has 0 bridgehead atoms. The van der Waals surface area contributed by atoms with Crippen LogP contribution in [0.3, 0.4) is 0 Å². The molecule has 1 aromatic heterocycles. The SMILES string of the molecule is CC(C)N1CCc2nc3ccccc3c(C(=O)OCC(=O)Nc3ccccc3Cl)c2C1. The van der Waals surface area contributed by atoms with Gasteiger partial charge in [-0.25, -0.2) is 4.79 Å². The predicted octanol–water partition coefficient (Wildman–Crippen LogP) is 4.45. The highest BCUT2D eigenvalue weighted by Crippen LogP contribution is 2.29. The average Bonchev–Trinajstić information content (AvgIpc) is 2.77. The van der Waals surface area contributed by atoms with E-state index >= 15 is 0 Å². The van der Waals surface area contributed by atoms with Crippen molar-refractivity contribution >= 4 is 40.1 Å². The standard InChI is InChI=1S/C24H24ClN3O3/c1-15(2)28-12-11-20-17(13-28)23(16-7-3-5-9-19(16)26-20)24(30)31-14-22(29)27-21-10-6-4-8-18(21)25/h3-10,15H,11-14H2,1-2H3,(H,27,29). The minimum absolute atomic E-state index is 0.352. The molecule has 7 heteroatoms. The third-order valence-electron chi connectivity index (χ3n) is 5.49. The van der Waals surface area contributed by atoms with Gasteiger partial charge in [-0.1, -0.05) is 41.9 Å². The Bertz CT molecular complexity index is 1150. The van der Waals surface area contributed by atoms with Gasteiger partial charge in [-0.05, 0) is 32.0 Å². The molecule has 3 aromatic rings. The van der Waals surface area contributed by atoms with Crippen LogP contribution in [-0.4, -0.2) is 41.0 Å². The number of aromatic nitrogens is 1. The molecule has 31 heavy (non-hydrogen) atoms. The highest BCUT2D eigenvalue weighted by atomic mass is 35.5. The monoisotopic (exact) mass is 437 g/mol. The van der Waals surface area contributed by atoms with E-state index in [1.165, 1.54) is 0 Å². The van der Waals surface area contributed by atoms with Gasteiger partial charge in [0.25, 0.3) is 5.91 Å². The van der Waals surface area contributed by atoms with Gasteiger partial charge in [0, 0.05) is 42.2 Å². The molecular weight excluding hydrogens is 414 g/mol. The Morgan fingerprint density at radius 1 is 1.16 bits per heavy atom. The number of carbonyl (C=O) groups excluding carboxylic acids is 2. The zero-order valence-corrected chi connectivity index (χ0v) is 18.3. The maximum Gasteiger partial charge on any atom is 0.339 e. The number of fused-ring (bicyclic) bond motifs is 2. The van der Waals surface area contributed by atoms with Gasteiger partial charge < -0.3 is 10.1 Å². The number of esters is 1. The zero-order valence-electron chi connectivity index (χ0n) is 17.5. The molecule has 2 aromatic carbocycles. The molecule has 0 radical (unpaired) electrons. The Labute approximate surface area is 186 Å². The number of nitrogens with one attached hydrogen (secondary N) is 1. The summed E-state index contributed by atoms with van der Waals surface area (Å²) in [6.07, 6.45) is 0.769. The maximum atomic E-state index is 13.2. The van der Waals surface area contributed by atoms with Crippen molar-refractivity contribution in [2.45, 2.75) is 32.9 Å². The Morgan fingerprint density at radius 3 is 2.68 bits per heavy atom. The van der Waals surface area contributed by atoms with Crippen LogP contribution < -0.4 is 5.32 Å². The fraction of sp³-hybridized carbons (Fsp3) is 0.292. The van der Waals surface area contributed by atoms with Crippen LogP contribution >= 0.6 is 11.6 Å². The number of amides is 1. The highest BCUT2D eigenvalue weighted by Gasteiger charge is 2.27. The summed E-state index contributed by atoms with van der Waals surface area (Å²) in [5.74, 6) is -0.966. The molecule has 0 fully saturated rings. The molecule has 2 heterocycles. The van der Waals surface area contributed by atoms with Crippen molar-refractivity contribution in [3.05, 3.63) is 70.4 Å². The van der Waals surface area contributed by atoms with Crippen LogP contribution in [0, 0.1) is 0 Å². The first kappa shape index (κ1) is 21.3. The van der Waals surface area contributed by atoms with Crippen molar-refractivity contribution in [1.29, 1.82) is 0 Å². The number of ether oxygens (including phenoxy) is 1. The number of hydrogen-bond acceptors (Lipinski definition) is 5. The molecule has 0 aliphatic carbocycles. The predicted molar refractivity (Wildman–Crippen MR) is 121 cm³/mol. The van der Waals surface area contributed by atoms with Crippen LogP contribution in [0.1, 0.15) is 35.5 Å². The van der Waals surface area contributed by atoms with E-state index < -0.39 is 18.5 Å². The lowest BCUT2D eigenvalue weighted by Gasteiger charge is -2.32. The molecule has 6 nitrogen and oxygen atoms in total. The second-order valence-corrected chi connectivity index (χ2v) is 8.25. The van der Waals surface area contributed by atoms with Crippen LogP contribution in [-0.2, 0) is 22.5 Å². The van der Waals surface area contributed by atoms with Gasteiger partial charge in [-0.2, -0.15) is 0 Å². The van der Waals surface area contributed by atoms with Gasteiger partial charge in [0.15, 0.2) is 6.61 Å². The highest BCUT2D eigenvalue weighted by molar-refractivity contribution is 6.33. The molecule has 1 N–H and O–H groups in total. The number of para-hydroxylation sites is 2. The Balaban J connectivity index is 1.59. The second kappa shape index (κ2) is 9.04. The molecule has 1 aliphatic rings. The lowest BCUT2D eigenvalue weighted by molar-refractivity contribution is -0.119. The number of nitrogens with zero attached hydrogens (tertiary/aromatic N) is 2. The molecule has 4 rings (SSSR count). The van der Waals surface area contributed by atoms with E-state index in [4.69, 9.17) is 21.3 Å². The molecule has 160 valence electrons. The topological polar surface area (TPSA) is 71.5 Å². The largest absolute Gasteiger partial charge is 0.452 e. The Kier molecular flexibility index (Phi) is 6.20. The summed E-state index contributed by atoms with van der Waals surface area (Å²) in [5, 5.41) is 3.83.